The van der Waals surface area contributed by atoms with Crippen molar-refractivity contribution in [2.24, 2.45) is 0 Å². The van der Waals surface area contributed by atoms with Gasteiger partial charge in [-0.3, -0.25) is 0 Å². The summed E-state index contributed by atoms with van der Waals surface area (Å²) in [5.41, 5.74) is 3.00. The maximum absolute atomic E-state index is 12.5. The van der Waals surface area contributed by atoms with Crippen LogP contribution < -0.4 is 9.62 Å². The topological polar surface area (TPSA) is 32.3 Å². The third-order valence-corrected chi connectivity index (χ3v) is 4.07. The molecule has 0 heterocycles. The van der Waals surface area contributed by atoms with Crippen molar-refractivity contribution in [1.82, 2.24) is 5.32 Å². The second-order valence-corrected chi connectivity index (χ2v) is 6.41. The number of carbonyl (C=O) groups excluding carboxylic acids is 1. The van der Waals surface area contributed by atoms with Gasteiger partial charge in [-0.25, -0.2) is 9.10 Å². The molecule has 0 spiro atoms. The zero-order valence-corrected chi connectivity index (χ0v) is 14.8. The Morgan fingerprint density at radius 1 is 1.19 bits per heavy atom. The molecule has 0 unspecified atom stereocenters. The highest BCUT2D eigenvalue weighted by atomic mass is 32.1. The fourth-order valence-corrected chi connectivity index (χ4v) is 2.93. The highest BCUT2D eigenvalue weighted by Crippen LogP contribution is 2.29. The number of anilines is 1. The van der Waals surface area contributed by atoms with E-state index in [1.807, 2.05) is 19.9 Å². The molecule has 1 aromatic carbocycles. The lowest BCUT2D eigenvalue weighted by atomic mass is 9.99. The monoisotopic (exact) mass is 308 g/mol. The molecule has 1 N–H and O–H groups in total. The van der Waals surface area contributed by atoms with E-state index < -0.39 is 0 Å². The van der Waals surface area contributed by atoms with E-state index in [0.717, 1.165) is 42.5 Å². The molecular formula is C17H28N2OS. The Balaban J connectivity index is 3.02. The number of amides is 2. The van der Waals surface area contributed by atoms with Crippen LogP contribution >= 0.6 is 12.8 Å². The first-order valence-corrected chi connectivity index (χ1v) is 8.18. The quantitative estimate of drug-likeness (QED) is 0.730. The minimum absolute atomic E-state index is 0.160. The van der Waals surface area contributed by atoms with Gasteiger partial charge in [-0.1, -0.05) is 58.2 Å². The molecule has 1 rings (SSSR count). The lowest BCUT2D eigenvalue weighted by Gasteiger charge is -2.30. The summed E-state index contributed by atoms with van der Waals surface area (Å²) in [6.45, 7) is 10.4. The summed E-state index contributed by atoms with van der Waals surface area (Å²) in [5.74, 6) is 0. The Hall–Kier alpha value is -1.16. The summed E-state index contributed by atoms with van der Waals surface area (Å²) in [6, 6.07) is 6.00. The van der Waals surface area contributed by atoms with E-state index in [0.29, 0.717) is 0 Å². The molecule has 0 aliphatic heterocycles. The normalized spacial score (nSPS) is 11.3. The van der Waals surface area contributed by atoms with Crippen LogP contribution in [0.3, 0.4) is 0 Å². The van der Waals surface area contributed by atoms with E-state index >= 15 is 0 Å². The van der Waals surface area contributed by atoms with Crippen LogP contribution in [0.1, 0.15) is 58.6 Å². The summed E-state index contributed by atoms with van der Waals surface area (Å²) in [4.78, 5) is 12.5. The van der Waals surface area contributed by atoms with Crippen molar-refractivity contribution < 1.29 is 4.79 Å². The summed E-state index contributed by atoms with van der Waals surface area (Å²) in [6.07, 6.45) is 3.74. The summed E-state index contributed by atoms with van der Waals surface area (Å²) >= 11 is 4.46. The third kappa shape index (κ3) is 4.67. The highest BCUT2D eigenvalue weighted by Gasteiger charge is 2.24. The first-order chi connectivity index (χ1) is 9.86. The fraction of sp³-hybridized carbons (Fsp3) is 0.588. The summed E-state index contributed by atoms with van der Waals surface area (Å²) < 4.78 is 1.47. The highest BCUT2D eigenvalue weighted by molar-refractivity contribution is 7.82. The number of thiol groups is 1. The van der Waals surface area contributed by atoms with Gasteiger partial charge in [0.1, 0.15) is 0 Å². The van der Waals surface area contributed by atoms with Gasteiger partial charge in [-0.15, -0.1) is 0 Å². The number of nitrogens with one attached hydrogen (secondary N) is 1. The van der Waals surface area contributed by atoms with Crippen LogP contribution in [0.5, 0.6) is 0 Å². The maximum atomic E-state index is 12.5. The van der Waals surface area contributed by atoms with E-state index in [2.05, 4.69) is 51.0 Å². The van der Waals surface area contributed by atoms with Gasteiger partial charge in [-0.05, 0) is 44.2 Å². The molecule has 118 valence electrons. The number of carbonyl (C=O) groups is 1. The number of hydrogen-bond donors (Lipinski definition) is 2. The lowest BCUT2D eigenvalue weighted by Crippen LogP contribution is -2.47. The van der Waals surface area contributed by atoms with Crippen molar-refractivity contribution >= 4 is 24.5 Å². The predicted molar refractivity (Wildman–Crippen MR) is 94.2 cm³/mol. The Bertz CT molecular complexity index is 463. The van der Waals surface area contributed by atoms with Gasteiger partial charge >= 0.3 is 6.03 Å². The molecule has 0 saturated heterocycles. The van der Waals surface area contributed by atoms with Crippen LogP contribution in [-0.4, -0.2) is 11.6 Å². The molecule has 0 fully saturated rings. The molecule has 0 saturated carbocycles. The molecule has 21 heavy (non-hydrogen) atoms. The zero-order chi connectivity index (χ0) is 16.0. The largest absolute Gasteiger partial charge is 0.332 e. The van der Waals surface area contributed by atoms with Crippen LogP contribution in [-0.2, 0) is 12.8 Å². The van der Waals surface area contributed by atoms with E-state index in [4.69, 9.17) is 0 Å². The van der Waals surface area contributed by atoms with Gasteiger partial charge < -0.3 is 5.32 Å². The van der Waals surface area contributed by atoms with E-state index in [-0.39, 0.29) is 11.6 Å². The van der Waals surface area contributed by atoms with E-state index in [1.165, 1.54) is 4.31 Å². The molecule has 0 bridgehead atoms. The first-order valence-electron chi connectivity index (χ1n) is 7.78. The molecule has 1 aromatic rings. The molecule has 0 aromatic heterocycles. The number of rotatable bonds is 6. The number of para-hydroxylation sites is 1. The average molecular weight is 308 g/mol. The first kappa shape index (κ1) is 17.9. The summed E-state index contributed by atoms with van der Waals surface area (Å²) in [7, 11) is 0. The third-order valence-electron chi connectivity index (χ3n) is 3.69. The van der Waals surface area contributed by atoms with Gasteiger partial charge in [0.15, 0.2) is 0 Å². The molecule has 0 atom stereocenters. The van der Waals surface area contributed by atoms with Gasteiger partial charge in [0.25, 0.3) is 0 Å². The minimum Gasteiger partial charge on any atom is -0.332 e. The van der Waals surface area contributed by atoms with Crippen LogP contribution in [0.25, 0.3) is 0 Å². The number of aryl methyl sites for hydroxylation is 2. The Labute approximate surface area is 134 Å². The summed E-state index contributed by atoms with van der Waals surface area (Å²) in [5, 5.41) is 3.07. The van der Waals surface area contributed by atoms with Crippen LogP contribution in [0.15, 0.2) is 18.2 Å². The van der Waals surface area contributed by atoms with Crippen LogP contribution in [0.2, 0.25) is 0 Å². The van der Waals surface area contributed by atoms with E-state index in [9.17, 15) is 4.79 Å². The number of hydrogen-bond acceptors (Lipinski definition) is 2. The Kier molecular flexibility index (Phi) is 6.59. The Morgan fingerprint density at radius 2 is 1.71 bits per heavy atom. The van der Waals surface area contributed by atoms with Crippen molar-refractivity contribution in [3.8, 4) is 0 Å². The van der Waals surface area contributed by atoms with Crippen molar-refractivity contribution in [2.75, 3.05) is 4.31 Å². The second-order valence-electron chi connectivity index (χ2n) is 6.01. The second kappa shape index (κ2) is 7.74. The molecule has 2 amide bonds. The smallest absolute Gasteiger partial charge is 0.332 e. The van der Waals surface area contributed by atoms with Gasteiger partial charge in [0.2, 0.25) is 0 Å². The molecule has 0 radical (unpaired) electrons. The SMILES string of the molecule is CCCC(C)(C)NC(=O)N(S)c1c(CC)cccc1CC. The molecule has 3 nitrogen and oxygen atoms in total. The van der Waals surface area contributed by atoms with Gasteiger partial charge in [0, 0.05) is 5.54 Å². The van der Waals surface area contributed by atoms with Crippen molar-refractivity contribution in [3.63, 3.8) is 0 Å². The number of benzene rings is 1. The number of nitrogens with zero attached hydrogens (tertiary/aromatic N) is 1. The molecule has 4 heteroatoms. The number of urea groups is 1. The van der Waals surface area contributed by atoms with Crippen molar-refractivity contribution in [3.05, 3.63) is 29.3 Å². The zero-order valence-electron chi connectivity index (χ0n) is 13.9. The molecule has 0 aliphatic rings. The standard InChI is InChI=1S/C17H28N2OS/c1-6-12-17(4,5)18-16(20)19(21)15-13(7-2)10-9-11-14(15)8-3/h9-11,21H,6-8,12H2,1-5H3,(H,18,20). The van der Waals surface area contributed by atoms with Crippen LogP contribution in [0.4, 0.5) is 10.5 Å². The average Bonchev–Trinajstić information content (AvgIpc) is 2.44. The van der Waals surface area contributed by atoms with E-state index in [1.54, 1.807) is 0 Å². The lowest BCUT2D eigenvalue weighted by molar-refractivity contribution is 0.237. The fourth-order valence-electron chi connectivity index (χ4n) is 2.62. The van der Waals surface area contributed by atoms with Crippen LogP contribution in [0, 0.1) is 0 Å². The van der Waals surface area contributed by atoms with Gasteiger partial charge in [0.05, 0.1) is 5.69 Å². The predicted octanol–water partition coefficient (Wildman–Crippen LogP) is 4.75. The molecule has 0 aliphatic carbocycles. The minimum atomic E-state index is -0.222. The van der Waals surface area contributed by atoms with Crippen molar-refractivity contribution in [1.29, 1.82) is 0 Å². The van der Waals surface area contributed by atoms with Gasteiger partial charge in [-0.2, -0.15) is 0 Å². The maximum Gasteiger partial charge on any atom is 0.332 e. The Morgan fingerprint density at radius 3 is 2.14 bits per heavy atom. The molecular weight excluding hydrogens is 280 g/mol. The van der Waals surface area contributed by atoms with Crippen molar-refractivity contribution in [2.45, 2.75) is 65.8 Å².